The van der Waals surface area contributed by atoms with Crippen molar-refractivity contribution in [1.29, 1.82) is 0 Å². The number of rotatable bonds is 6. The zero-order chi connectivity index (χ0) is 25.9. The molecule has 192 valence electrons. The Balaban J connectivity index is 1.25. The van der Waals surface area contributed by atoms with Crippen molar-refractivity contribution in [3.63, 3.8) is 0 Å². The van der Waals surface area contributed by atoms with Crippen molar-refractivity contribution < 1.29 is 18.7 Å². The standard InChI is InChI=1S/C27H34FN5O3/c1-17-20(28)8-9-21-24(17)32-25(30-21)19-10-13-29-22(16-19)31-23(34)7-5-6-18-11-14-33(15-12-18)26(35)36-27(2,3)4/h8-10,13,16,18H,5-7,11-12,14-15H2,1-4H3,(H,30,32)(H,29,31,34). The van der Waals surface area contributed by atoms with Crippen LogP contribution in [0.3, 0.4) is 0 Å². The number of aromatic amines is 1. The molecular weight excluding hydrogens is 461 g/mol. The van der Waals surface area contributed by atoms with Crippen molar-refractivity contribution in [1.82, 2.24) is 19.9 Å². The molecule has 1 aliphatic heterocycles. The van der Waals surface area contributed by atoms with E-state index in [1.807, 2.05) is 20.8 Å². The third-order valence-electron chi connectivity index (χ3n) is 6.42. The number of hydrogen-bond acceptors (Lipinski definition) is 5. The molecule has 0 bridgehead atoms. The highest BCUT2D eigenvalue weighted by Crippen LogP contribution is 2.26. The highest BCUT2D eigenvalue weighted by Gasteiger charge is 2.26. The van der Waals surface area contributed by atoms with Gasteiger partial charge in [-0.3, -0.25) is 4.79 Å². The van der Waals surface area contributed by atoms with Gasteiger partial charge in [0.15, 0.2) is 0 Å². The first-order chi connectivity index (χ1) is 17.1. The first-order valence-corrected chi connectivity index (χ1v) is 12.5. The molecule has 8 nitrogen and oxygen atoms in total. The molecular formula is C27H34FN5O3. The minimum Gasteiger partial charge on any atom is -0.444 e. The molecule has 3 aromatic rings. The molecule has 0 aliphatic carbocycles. The van der Waals surface area contributed by atoms with Crippen molar-refractivity contribution >= 4 is 28.9 Å². The van der Waals surface area contributed by atoms with Crippen molar-refractivity contribution in [2.24, 2.45) is 5.92 Å². The lowest BCUT2D eigenvalue weighted by molar-refractivity contribution is -0.116. The molecule has 2 amide bonds. The average Bonchev–Trinajstić information content (AvgIpc) is 3.26. The van der Waals surface area contributed by atoms with Crippen LogP contribution in [-0.4, -0.2) is 50.5 Å². The van der Waals surface area contributed by atoms with E-state index in [4.69, 9.17) is 4.74 Å². The Labute approximate surface area is 210 Å². The van der Waals surface area contributed by atoms with E-state index >= 15 is 0 Å². The molecule has 0 unspecified atom stereocenters. The Hall–Kier alpha value is -3.49. The van der Waals surface area contributed by atoms with Gasteiger partial charge in [-0.15, -0.1) is 0 Å². The molecule has 3 heterocycles. The topological polar surface area (TPSA) is 100 Å². The quantitative estimate of drug-likeness (QED) is 0.448. The maximum absolute atomic E-state index is 13.9. The number of benzene rings is 1. The highest BCUT2D eigenvalue weighted by atomic mass is 19.1. The van der Waals surface area contributed by atoms with Crippen LogP contribution in [0.2, 0.25) is 0 Å². The molecule has 1 aromatic carbocycles. The van der Waals surface area contributed by atoms with Crippen LogP contribution >= 0.6 is 0 Å². The van der Waals surface area contributed by atoms with Gasteiger partial charge in [0, 0.05) is 36.8 Å². The molecule has 0 spiro atoms. The summed E-state index contributed by atoms with van der Waals surface area (Å²) in [5.74, 6) is 1.16. The summed E-state index contributed by atoms with van der Waals surface area (Å²) in [7, 11) is 0. The molecule has 1 aliphatic rings. The van der Waals surface area contributed by atoms with E-state index in [1.165, 1.54) is 6.07 Å². The van der Waals surface area contributed by atoms with E-state index in [-0.39, 0.29) is 17.8 Å². The molecule has 0 saturated carbocycles. The number of amides is 2. The van der Waals surface area contributed by atoms with Crippen LogP contribution in [0.25, 0.3) is 22.4 Å². The number of imidazole rings is 1. The first kappa shape index (κ1) is 25.6. The SMILES string of the molecule is Cc1c(F)ccc2[nH]c(-c3ccnc(NC(=O)CCCC4CCN(C(=O)OC(C)(C)C)CC4)c3)nc12. The molecule has 9 heteroatoms. The molecule has 2 aromatic heterocycles. The Kier molecular flexibility index (Phi) is 7.56. The maximum atomic E-state index is 13.9. The number of hydrogen-bond donors (Lipinski definition) is 2. The predicted molar refractivity (Wildman–Crippen MR) is 137 cm³/mol. The number of aryl methyl sites for hydroxylation is 1. The normalized spacial score (nSPS) is 14.8. The van der Waals surface area contributed by atoms with Crippen molar-refractivity contribution in [3.05, 3.63) is 41.8 Å². The van der Waals surface area contributed by atoms with Gasteiger partial charge in [-0.05, 0) is 83.6 Å². The molecule has 0 atom stereocenters. The zero-order valence-electron chi connectivity index (χ0n) is 21.4. The Bertz CT molecular complexity index is 1240. The Morgan fingerprint density at radius 3 is 2.69 bits per heavy atom. The van der Waals surface area contributed by atoms with Crippen LogP contribution in [-0.2, 0) is 9.53 Å². The first-order valence-electron chi connectivity index (χ1n) is 12.5. The fourth-order valence-electron chi connectivity index (χ4n) is 4.46. The second kappa shape index (κ2) is 10.6. The molecule has 36 heavy (non-hydrogen) atoms. The second-order valence-corrected chi connectivity index (χ2v) is 10.4. The van der Waals surface area contributed by atoms with Gasteiger partial charge in [0.1, 0.15) is 23.1 Å². The summed E-state index contributed by atoms with van der Waals surface area (Å²) in [6.07, 6.45) is 5.33. The summed E-state index contributed by atoms with van der Waals surface area (Å²) in [6, 6.07) is 6.64. The van der Waals surface area contributed by atoms with Crippen LogP contribution in [0.5, 0.6) is 0 Å². The fraction of sp³-hybridized carbons (Fsp3) is 0.481. The van der Waals surface area contributed by atoms with E-state index < -0.39 is 5.60 Å². The summed E-state index contributed by atoms with van der Waals surface area (Å²) < 4.78 is 19.3. The maximum Gasteiger partial charge on any atom is 0.410 e. The van der Waals surface area contributed by atoms with E-state index in [2.05, 4.69) is 20.3 Å². The van der Waals surface area contributed by atoms with Gasteiger partial charge in [-0.25, -0.2) is 19.2 Å². The van der Waals surface area contributed by atoms with Crippen LogP contribution in [0.1, 0.15) is 58.4 Å². The van der Waals surface area contributed by atoms with Gasteiger partial charge in [0.25, 0.3) is 0 Å². The number of pyridine rings is 1. The van der Waals surface area contributed by atoms with Crippen molar-refractivity contribution in [3.8, 4) is 11.4 Å². The van der Waals surface area contributed by atoms with E-state index in [0.717, 1.165) is 36.8 Å². The predicted octanol–water partition coefficient (Wildman–Crippen LogP) is 5.83. The number of piperidine rings is 1. The summed E-state index contributed by atoms with van der Waals surface area (Å²) in [5, 5.41) is 2.87. The minimum absolute atomic E-state index is 0.0895. The third-order valence-corrected chi connectivity index (χ3v) is 6.42. The van der Waals surface area contributed by atoms with Crippen molar-refractivity contribution in [2.45, 2.75) is 65.4 Å². The molecule has 1 fully saturated rings. The highest BCUT2D eigenvalue weighted by molar-refractivity contribution is 5.90. The van der Waals surface area contributed by atoms with Gasteiger partial charge in [0.05, 0.1) is 11.0 Å². The van der Waals surface area contributed by atoms with Crippen LogP contribution in [0.4, 0.5) is 15.0 Å². The fourth-order valence-corrected chi connectivity index (χ4v) is 4.46. The molecule has 0 radical (unpaired) electrons. The second-order valence-electron chi connectivity index (χ2n) is 10.4. The summed E-state index contributed by atoms with van der Waals surface area (Å²) >= 11 is 0. The number of anilines is 1. The third kappa shape index (κ3) is 6.38. The van der Waals surface area contributed by atoms with Gasteiger partial charge in [-0.2, -0.15) is 0 Å². The molecule has 1 saturated heterocycles. The molecule has 2 N–H and O–H groups in total. The van der Waals surface area contributed by atoms with Gasteiger partial charge in [-0.1, -0.05) is 0 Å². The summed E-state index contributed by atoms with van der Waals surface area (Å²) in [4.78, 5) is 38.5. The Morgan fingerprint density at radius 1 is 1.22 bits per heavy atom. The largest absolute Gasteiger partial charge is 0.444 e. The monoisotopic (exact) mass is 495 g/mol. The number of carbonyl (C=O) groups is 2. The van der Waals surface area contributed by atoms with E-state index in [0.29, 0.717) is 48.2 Å². The van der Waals surface area contributed by atoms with E-state index in [1.54, 1.807) is 36.2 Å². The van der Waals surface area contributed by atoms with Crippen molar-refractivity contribution in [2.75, 3.05) is 18.4 Å². The smallest absolute Gasteiger partial charge is 0.410 e. The van der Waals surface area contributed by atoms with Crippen LogP contribution in [0, 0.1) is 18.7 Å². The summed E-state index contributed by atoms with van der Waals surface area (Å²) in [6.45, 7) is 8.70. The van der Waals surface area contributed by atoms with Gasteiger partial charge in [0.2, 0.25) is 5.91 Å². The average molecular weight is 496 g/mol. The van der Waals surface area contributed by atoms with Gasteiger partial charge >= 0.3 is 6.09 Å². The number of nitrogens with one attached hydrogen (secondary N) is 2. The lowest BCUT2D eigenvalue weighted by Crippen LogP contribution is -2.41. The number of halogens is 1. The number of aromatic nitrogens is 3. The van der Waals surface area contributed by atoms with Gasteiger partial charge < -0.3 is 19.9 Å². The number of carbonyl (C=O) groups excluding carboxylic acids is 2. The lowest BCUT2D eigenvalue weighted by Gasteiger charge is -2.33. The number of H-pyrrole nitrogens is 1. The Morgan fingerprint density at radius 2 is 1.97 bits per heavy atom. The number of ether oxygens (including phenoxy) is 1. The summed E-state index contributed by atoms with van der Waals surface area (Å²) in [5.41, 5.74) is 2.11. The molecule has 4 rings (SSSR count). The lowest BCUT2D eigenvalue weighted by atomic mass is 9.91. The van der Waals surface area contributed by atoms with Crippen LogP contribution in [0.15, 0.2) is 30.5 Å². The minimum atomic E-state index is -0.486. The zero-order valence-corrected chi connectivity index (χ0v) is 21.4. The number of nitrogens with zero attached hydrogens (tertiary/aromatic N) is 3. The number of likely N-dealkylation sites (tertiary alicyclic amines) is 1. The van der Waals surface area contributed by atoms with Crippen LogP contribution < -0.4 is 5.32 Å². The number of fused-ring (bicyclic) bond motifs is 1. The van der Waals surface area contributed by atoms with E-state index in [9.17, 15) is 14.0 Å².